The summed E-state index contributed by atoms with van der Waals surface area (Å²) < 4.78 is 0. The van der Waals surface area contributed by atoms with E-state index in [1.54, 1.807) is 12.4 Å². The molecule has 0 saturated carbocycles. The molecule has 2 nitrogen and oxygen atoms in total. The van der Waals surface area contributed by atoms with Gasteiger partial charge in [0.15, 0.2) is 0 Å². The Hall–Kier alpha value is -2.45. The number of nitrogens with zero attached hydrogens (tertiary/aromatic N) is 1. The van der Waals surface area contributed by atoms with Gasteiger partial charge in [0.2, 0.25) is 0 Å². The number of aliphatic hydroxyl groups is 1. The average molecular weight is 273 g/mol. The molecule has 1 aliphatic rings. The highest BCUT2D eigenvalue weighted by atomic mass is 16.3. The van der Waals surface area contributed by atoms with Crippen LogP contribution in [0.4, 0.5) is 0 Å². The Bertz CT molecular complexity index is 750. The van der Waals surface area contributed by atoms with Gasteiger partial charge in [-0.25, -0.2) is 0 Å². The second kappa shape index (κ2) is 4.54. The molecule has 4 rings (SSSR count). The molecule has 1 aromatic heterocycles. The second-order valence-electron chi connectivity index (χ2n) is 5.48. The first-order valence-corrected chi connectivity index (χ1v) is 7.10. The SMILES string of the molecule is OC1(Cc2ccncc2)c2ccccc2-c2ccccc21. The minimum Gasteiger partial charge on any atom is -0.380 e. The van der Waals surface area contributed by atoms with E-state index in [0.717, 1.165) is 27.8 Å². The van der Waals surface area contributed by atoms with Crippen molar-refractivity contribution in [1.82, 2.24) is 4.98 Å². The zero-order valence-corrected chi connectivity index (χ0v) is 11.5. The molecule has 0 spiro atoms. The zero-order chi connectivity index (χ0) is 14.3. The molecule has 2 heteroatoms. The van der Waals surface area contributed by atoms with Crippen LogP contribution in [0.25, 0.3) is 11.1 Å². The van der Waals surface area contributed by atoms with Crippen molar-refractivity contribution in [3.63, 3.8) is 0 Å². The normalized spacial score (nSPS) is 14.5. The van der Waals surface area contributed by atoms with Gasteiger partial charge >= 0.3 is 0 Å². The predicted molar refractivity (Wildman–Crippen MR) is 82.8 cm³/mol. The van der Waals surface area contributed by atoms with Crippen LogP contribution in [0.5, 0.6) is 0 Å². The van der Waals surface area contributed by atoms with Crippen LogP contribution in [0.15, 0.2) is 73.1 Å². The van der Waals surface area contributed by atoms with E-state index in [1.165, 1.54) is 0 Å². The molecule has 0 amide bonds. The highest BCUT2D eigenvalue weighted by Crippen LogP contribution is 2.48. The minimum atomic E-state index is -0.964. The lowest BCUT2D eigenvalue weighted by atomic mass is 9.85. The van der Waals surface area contributed by atoms with Gasteiger partial charge < -0.3 is 5.11 Å². The standard InChI is InChI=1S/C19H15NO/c21-19(13-14-9-11-20-12-10-14)17-7-3-1-5-15(17)16-6-2-4-8-18(16)19/h1-12,21H,13H2. The van der Waals surface area contributed by atoms with E-state index in [4.69, 9.17) is 0 Å². The lowest BCUT2D eigenvalue weighted by Crippen LogP contribution is -2.27. The largest absolute Gasteiger partial charge is 0.380 e. The molecule has 0 aliphatic heterocycles. The fourth-order valence-corrected chi connectivity index (χ4v) is 3.29. The summed E-state index contributed by atoms with van der Waals surface area (Å²) in [5.41, 5.74) is 4.36. The van der Waals surface area contributed by atoms with E-state index in [2.05, 4.69) is 17.1 Å². The lowest BCUT2D eigenvalue weighted by Gasteiger charge is -2.26. The van der Waals surface area contributed by atoms with Gasteiger partial charge in [0, 0.05) is 18.8 Å². The van der Waals surface area contributed by atoms with Crippen molar-refractivity contribution in [2.45, 2.75) is 12.0 Å². The average Bonchev–Trinajstić information content (AvgIpc) is 2.79. The van der Waals surface area contributed by atoms with Gasteiger partial charge in [-0.1, -0.05) is 48.5 Å². The Balaban J connectivity index is 1.92. The molecule has 0 saturated heterocycles. The Labute approximate surface area is 123 Å². The summed E-state index contributed by atoms with van der Waals surface area (Å²) in [6, 6.07) is 20.2. The summed E-state index contributed by atoms with van der Waals surface area (Å²) in [5.74, 6) is 0. The maximum Gasteiger partial charge on any atom is 0.120 e. The van der Waals surface area contributed by atoms with Gasteiger partial charge in [-0.3, -0.25) is 4.98 Å². The molecular formula is C19H15NO. The second-order valence-corrected chi connectivity index (χ2v) is 5.48. The molecule has 0 unspecified atom stereocenters. The number of hydrogen-bond acceptors (Lipinski definition) is 2. The van der Waals surface area contributed by atoms with Gasteiger partial charge in [0.1, 0.15) is 5.60 Å². The number of aromatic nitrogens is 1. The van der Waals surface area contributed by atoms with Gasteiger partial charge in [-0.15, -0.1) is 0 Å². The third kappa shape index (κ3) is 1.80. The summed E-state index contributed by atoms with van der Waals surface area (Å²) in [6.07, 6.45) is 4.10. The van der Waals surface area contributed by atoms with E-state index < -0.39 is 5.60 Å². The van der Waals surface area contributed by atoms with Crippen LogP contribution in [-0.2, 0) is 12.0 Å². The molecule has 3 aromatic rings. The van der Waals surface area contributed by atoms with E-state index >= 15 is 0 Å². The van der Waals surface area contributed by atoms with E-state index in [9.17, 15) is 5.11 Å². The van der Waals surface area contributed by atoms with Crippen molar-refractivity contribution in [3.05, 3.63) is 89.7 Å². The number of pyridine rings is 1. The van der Waals surface area contributed by atoms with Crippen LogP contribution >= 0.6 is 0 Å². The van der Waals surface area contributed by atoms with Gasteiger partial charge in [-0.05, 0) is 39.9 Å². The predicted octanol–water partition coefficient (Wildman–Crippen LogP) is 3.54. The van der Waals surface area contributed by atoms with Gasteiger partial charge in [0.25, 0.3) is 0 Å². The molecule has 0 bridgehead atoms. The first-order chi connectivity index (χ1) is 10.3. The van der Waals surface area contributed by atoms with Gasteiger partial charge in [-0.2, -0.15) is 0 Å². The van der Waals surface area contributed by atoms with Crippen LogP contribution in [-0.4, -0.2) is 10.1 Å². The molecule has 1 heterocycles. The molecular weight excluding hydrogens is 258 g/mol. The van der Waals surface area contributed by atoms with Crippen molar-refractivity contribution in [1.29, 1.82) is 0 Å². The minimum absolute atomic E-state index is 0.559. The highest BCUT2D eigenvalue weighted by molar-refractivity contribution is 5.80. The first-order valence-electron chi connectivity index (χ1n) is 7.10. The van der Waals surface area contributed by atoms with E-state index in [1.807, 2.05) is 48.5 Å². The topological polar surface area (TPSA) is 33.1 Å². The fourth-order valence-electron chi connectivity index (χ4n) is 3.29. The van der Waals surface area contributed by atoms with Crippen LogP contribution in [0.1, 0.15) is 16.7 Å². The van der Waals surface area contributed by atoms with Crippen molar-refractivity contribution < 1.29 is 5.11 Å². The Morgan fingerprint density at radius 3 is 1.86 bits per heavy atom. The molecule has 1 aliphatic carbocycles. The third-order valence-electron chi connectivity index (χ3n) is 4.24. The summed E-state index contributed by atoms with van der Waals surface area (Å²) in [6.45, 7) is 0. The van der Waals surface area contributed by atoms with E-state index in [-0.39, 0.29) is 0 Å². The maximum atomic E-state index is 11.4. The zero-order valence-electron chi connectivity index (χ0n) is 11.5. The molecule has 102 valence electrons. The molecule has 0 radical (unpaired) electrons. The molecule has 0 atom stereocenters. The summed E-state index contributed by atoms with van der Waals surface area (Å²) >= 11 is 0. The molecule has 0 fully saturated rings. The monoisotopic (exact) mass is 273 g/mol. The van der Waals surface area contributed by atoms with Crippen LogP contribution in [0.3, 0.4) is 0 Å². The summed E-state index contributed by atoms with van der Waals surface area (Å²) in [4.78, 5) is 4.05. The fraction of sp³-hybridized carbons (Fsp3) is 0.105. The van der Waals surface area contributed by atoms with E-state index in [0.29, 0.717) is 6.42 Å². The van der Waals surface area contributed by atoms with Crippen molar-refractivity contribution in [2.75, 3.05) is 0 Å². The number of hydrogen-bond donors (Lipinski definition) is 1. The molecule has 21 heavy (non-hydrogen) atoms. The Morgan fingerprint density at radius 1 is 0.762 bits per heavy atom. The highest BCUT2D eigenvalue weighted by Gasteiger charge is 2.41. The van der Waals surface area contributed by atoms with Crippen LogP contribution in [0, 0.1) is 0 Å². The summed E-state index contributed by atoms with van der Waals surface area (Å²) in [5, 5.41) is 11.4. The molecule has 1 N–H and O–H groups in total. The molecule has 2 aromatic carbocycles. The van der Waals surface area contributed by atoms with Crippen molar-refractivity contribution in [3.8, 4) is 11.1 Å². The van der Waals surface area contributed by atoms with Crippen LogP contribution < -0.4 is 0 Å². The number of rotatable bonds is 2. The number of fused-ring (bicyclic) bond motifs is 3. The quantitative estimate of drug-likeness (QED) is 0.774. The Kier molecular flexibility index (Phi) is 2.66. The summed E-state index contributed by atoms with van der Waals surface area (Å²) in [7, 11) is 0. The Morgan fingerprint density at radius 2 is 1.29 bits per heavy atom. The smallest absolute Gasteiger partial charge is 0.120 e. The van der Waals surface area contributed by atoms with Crippen LogP contribution in [0.2, 0.25) is 0 Å². The number of benzene rings is 2. The first kappa shape index (κ1) is 12.3. The van der Waals surface area contributed by atoms with Gasteiger partial charge in [0.05, 0.1) is 0 Å². The van der Waals surface area contributed by atoms with Crippen molar-refractivity contribution >= 4 is 0 Å². The third-order valence-corrected chi connectivity index (χ3v) is 4.24. The van der Waals surface area contributed by atoms with Crippen molar-refractivity contribution in [2.24, 2.45) is 0 Å². The maximum absolute atomic E-state index is 11.4. The lowest BCUT2D eigenvalue weighted by molar-refractivity contribution is 0.0860.